The highest BCUT2D eigenvalue weighted by molar-refractivity contribution is 4.82. The number of hydrogen-bond acceptors (Lipinski definition) is 1. The first kappa shape index (κ1) is 8.42. The molecule has 0 radical (unpaired) electrons. The van der Waals surface area contributed by atoms with E-state index in [0.717, 1.165) is 0 Å². The minimum absolute atomic E-state index is 0.384. The Hall–Kier alpha value is -0.580. The lowest BCUT2D eigenvalue weighted by atomic mass is 10.00. The largest absolute Gasteiger partial charge is 0.250 e. The predicted octanol–water partition coefficient (Wildman–Crippen LogP) is 2.14. The Bertz CT molecular complexity index is 104. The summed E-state index contributed by atoms with van der Waals surface area (Å²) in [5, 5.41) is 8.28. The molecule has 0 saturated carbocycles. The van der Waals surface area contributed by atoms with Gasteiger partial charge in [0, 0.05) is 0 Å². The third kappa shape index (κ3) is 3.96. The number of alkyl halides is 1. The predicted molar refractivity (Wildman–Crippen MR) is 34.5 cm³/mol. The van der Waals surface area contributed by atoms with Gasteiger partial charge in [0.05, 0.1) is 12.0 Å². The Morgan fingerprint density at radius 3 is 2.22 bits per heavy atom. The quantitative estimate of drug-likeness (QED) is 0.572. The number of rotatable bonds is 3. The first-order valence-electron chi connectivity index (χ1n) is 3.16. The Kier molecular flexibility index (Phi) is 4.04. The van der Waals surface area contributed by atoms with E-state index in [1.165, 1.54) is 0 Å². The zero-order valence-corrected chi connectivity index (χ0v) is 5.89. The van der Waals surface area contributed by atoms with Crippen LogP contribution in [0.25, 0.3) is 0 Å². The fraction of sp³-hybridized carbons (Fsp3) is 0.857. The van der Waals surface area contributed by atoms with Crippen molar-refractivity contribution < 1.29 is 4.39 Å². The van der Waals surface area contributed by atoms with Crippen LogP contribution in [-0.4, -0.2) is 6.67 Å². The molecule has 0 aliphatic heterocycles. The standard InChI is InChI=1S/C7H12FN/c1-6(2)3-7(4-8)5-9/h6-7H,3-4H2,1-2H3. The van der Waals surface area contributed by atoms with Crippen LogP contribution in [0, 0.1) is 23.2 Å². The maximum absolute atomic E-state index is 11.8. The van der Waals surface area contributed by atoms with Gasteiger partial charge in [-0.15, -0.1) is 0 Å². The van der Waals surface area contributed by atoms with E-state index in [0.29, 0.717) is 12.3 Å². The third-order valence-electron chi connectivity index (χ3n) is 1.12. The molecule has 0 aromatic rings. The molecule has 1 unspecified atom stereocenters. The molecule has 0 aliphatic rings. The van der Waals surface area contributed by atoms with Crippen LogP contribution in [0.4, 0.5) is 4.39 Å². The van der Waals surface area contributed by atoms with Gasteiger partial charge in [0.15, 0.2) is 0 Å². The van der Waals surface area contributed by atoms with E-state index < -0.39 is 6.67 Å². The molecule has 0 aromatic carbocycles. The molecular formula is C7H12FN. The molecule has 0 saturated heterocycles. The van der Waals surface area contributed by atoms with Crippen molar-refractivity contribution in [3.63, 3.8) is 0 Å². The zero-order chi connectivity index (χ0) is 7.28. The van der Waals surface area contributed by atoms with Gasteiger partial charge < -0.3 is 0 Å². The molecule has 1 nitrogen and oxygen atoms in total. The second-order valence-corrected chi connectivity index (χ2v) is 2.61. The first-order valence-corrected chi connectivity index (χ1v) is 3.16. The molecule has 9 heavy (non-hydrogen) atoms. The van der Waals surface area contributed by atoms with Crippen LogP contribution in [0.5, 0.6) is 0 Å². The minimum Gasteiger partial charge on any atom is -0.250 e. The summed E-state index contributed by atoms with van der Waals surface area (Å²) >= 11 is 0. The van der Waals surface area contributed by atoms with Crippen molar-refractivity contribution in [2.24, 2.45) is 11.8 Å². The van der Waals surface area contributed by atoms with Crippen molar-refractivity contribution in [3.05, 3.63) is 0 Å². The maximum Gasteiger partial charge on any atom is 0.105 e. The summed E-state index contributed by atoms with van der Waals surface area (Å²) in [4.78, 5) is 0. The summed E-state index contributed by atoms with van der Waals surface area (Å²) in [7, 11) is 0. The summed E-state index contributed by atoms with van der Waals surface area (Å²) in [6, 6.07) is 1.91. The van der Waals surface area contributed by atoms with Crippen molar-refractivity contribution in [2.75, 3.05) is 6.67 Å². The fourth-order valence-electron chi connectivity index (χ4n) is 0.719. The summed E-state index contributed by atoms with van der Waals surface area (Å²) < 4.78 is 11.8. The van der Waals surface area contributed by atoms with Gasteiger partial charge >= 0.3 is 0 Å². The Balaban J connectivity index is 3.47. The molecule has 0 N–H and O–H groups in total. The summed E-state index contributed by atoms with van der Waals surface area (Å²) in [6.45, 7) is 3.47. The maximum atomic E-state index is 11.8. The van der Waals surface area contributed by atoms with Crippen LogP contribution in [0.1, 0.15) is 20.3 Å². The molecular weight excluding hydrogens is 117 g/mol. The highest BCUT2D eigenvalue weighted by Gasteiger charge is 2.07. The number of halogens is 1. The van der Waals surface area contributed by atoms with Crippen LogP contribution in [0.3, 0.4) is 0 Å². The van der Waals surface area contributed by atoms with Crippen LogP contribution < -0.4 is 0 Å². The summed E-state index contributed by atoms with van der Waals surface area (Å²) in [6.07, 6.45) is 0.674. The molecule has 52 valence electrons. The van der Waals surface area contributed by atoms with E-state index in [1.807, 2.05) is 19.9 Å². The molecule has 0 spiro atoms. The van der Waals surface area contributed by atoms with Crippen LogP contribution in [0.2, 0.25) is 0 Å². The molecule has 0 heterocycles. The molecule has 2 heteroatoms. The highest BCUT2D eigenvalue weighted by atomic mass is 19.1. The van der Waals surface area contributed by atoms with Crippen molar-refractivity contribution in [3.8, 4) is 6.07 Å². The molecule has 1 atom stereocenters. The van der Waals surface area contributed by atoms with Crippen LogP contribution in [0.15, 0.2) is 0 Å². The van der Waals surface area contributed by atoms with E-state index >= 15 is 0 Å². The number of hydrogen-bond donors (Lipinski definition) is 0. The smallest absolute Gasteiger partial charge is 0.105 e. The van der Waals surface area contributed by atoms with Gasteiger partial charge in [0.2, 0.25) is 0 Å². The van der Waals surface area contributed by atoms with Gasteiger partial charge in [-0.2, -0.15) is 5.26 Å². The SMILES string of the molecule is CC(C)CC(C#N)CF. The lowest BCUT2D eigenvalue weighted by Crippen LogP contribution is -2.03. The van der Waals surface area contributed by atoms with Gasteiger partial charge in [0.1, 0.15) is 6.67 Å². The highest BCUT2D eigenvalue weighted by Crippen LogP contribution is 2.10. The Morgan fingerprint density at radius 1 is 1.56 bits per heavy atom. The lowest BCUT2D eigenvalue weighted by molar-refractivity contribution is 0.367. The van der Waals surface area contributed by atoms with Crippen LogP contribution in [-0.2, 0) is 0 Å². The van der Waals surface area contributed by atoms with Gasteiger partial charge in [-0.25, -0.2) is 4.39 Å². The lowest BCUT2D eigenvalue weighted by Gasteiger charge is -2.05. The van der Waals surface area contributed by atoms with Crippen molar-refractivity contribution in [2.45, 2.75) is 20.3 Å². The Labute approximate surface area is 55.5 Å². The van der Waals surface area contributed by atoms with Crippen LogP contribution >= 0.6 is 0 Å². The van der Waals surface area contributed by atoms with Crippen molar-refractivity contribution in [1.29, 1.82) is 5.26 Å². The zero-order valence-electron chi connectivity index (χ0n) is 5.89. The summed E-state index contributed by atoms with van der Waals surface area (Å²) in [5.74, 6) is 0.0374. The van der Waals surface area contributed by atoms with E-state index in [1.54, 1.807) is 0 Å². The minimum atomic E-state index is -0.505. The topological polar surface area (TPSA) is 23.8 Å². The second kappa shape index (κ2) is 4.31. The van der Waals surface area contributed by atoms with Crippen molar-refractivity contribution in [1.82, 2.24) is 0 Å². The monoisotopic (exact) mass is 129 g/mol. The average Bonchev–Trinajstić information content (AvgIpc) is 1.82. The van der Waals surface area contributed by atoms with Gasteiger partial charge in [0.25, 0.3) is 0 Å². The van der Waals surface area contributed by atoms with E-state index in [-0.39, 0.29) is 5.92 Å². The Morgan fingerprint density at radius 2 is 2.11 bits per heavy atom. The van der Waals surface area contributed by atoms with Gasteiger partial charge in [-0.05, 0) is 12.3 Å². The normalized spacial score (nSPS) is 13.2. The molecule has 0 amide bonds. The molecule has 0 bridgehead atoms. The molecule has 0 aliphatic carbocycles. The third-order valence-corrected chi connectivity index (χ3v) is 1.12. The summed E-state index contributed by atoms with van der Waals surface area (Å²) in [5.41, 5.74) is 0. The first-order chi connectivity index (χ1) is 4.20. The molecule has 0 fully saturated rings. The van der Waals surface area contributed by atoms with E-state index in [9.17, 15) is 4.39 Å². The van der Waals surface area contributed by atoms with E-state index in [4.69, 9.17) is 5.26 Å². The second-order valence-electron chi connectivity index (χ2n) is 2.61. The van der Waals surface area contributed by atoms with E-state index in [2.05, 4.69) is 0 Å². The molecule has 0 rings (SSSR count). The fourth-order valence-corrected chi connectivity index (χ4v) is 0.719. The number of nitriles is 1. The average molecular weight is 129 g/mol. The number of nitrogens with zero attached hydrogens (tertiary/aromatic N) is 1. The van der Waals surface area contributed by atoms with Gasteiger partial charge in [-0.1, -0.05) is 13.8 Å². The van der Waals surface area contributed by atoms with Gasteiger partial charge in [-0.3, -0.25) is 0 Å². The molecule has 0 aromatic heterocycles. The van der Waals surface area contributed by atoms with Crippen molar-refractivity contribution >= 4 is 0 Å².